The molecular weight excluding hydrogens is 232 g/mol. The predicted molar refractivity (Wildman–Crippen MR) is 68.8 cm³/mol. The molecule has 1 aromatic carbocycles. The fourth-order valence-electron chi connectivity index (χ4n) is 1.76. The molecule has 0 radical (unpaired) electrons. The molecule has 0 saturated carbocycles. The Labute approximate surface area is 108 Å². The summed E-state index contributed by atoms with van der Waals surface area (Å²) in [5.41, 5.74) is 1.01. The maximum atomic E-state index is 11.5. The van der Waals surface area contributed by atoms with Crippen molar-refractivity contribution in [1.29, 1.82) is 0 Å². The number of carbonyl (C=O) groups excluding carboxylic acids is 1. The summed E-state index contributed by atoms with van der Waals surface area (Å²) < 4.78 is 10.4. The molecule has 1 heterocycles. The second kappa shape index (κ2) is 6.89. The Morgan fingerprint density at radius 1 is 1.50 bits per heavy atom. The van der Waals surface area contributed by atoms with Gasteiger partial charge in [-0.15, -0.1) is 0 Å². The molecule has 18 heavy (non-hydrogen) atoms. The highest BCUT2D eigenvalue weighted by Gasteiger charge is 2.27. The van der Waals surface area contributed by atoms with E-state index in [0.29, 0.717) is 18.8 Å². The third-order valence-electron chi connectivity index (χ3n) is 2.55. The van der Waals surface area contributed by atoms with E-state index < -0.39 is 6.10 Å². The number of aromatic hydroxyl groups is 1. The predicted octanol–water partition coefficient (Wildman–Crippen LogP) is 2.68. The number of phenolic OH excluding ortho intramolecular Hbond substituents is 1. The first-order chi connectivity index (χ1) is 8.70. The quantitative estimate of drug-likeness (QED) is 0.822. The number of hydrogen-bond acceptors (Lipinski definition) is 4. The molecule has 1 aromatic rings. The highest BCUT2D eigenvalue weighted by molar-refractivity contribution is 5.75. The maximum Gasteiger partial charge on any atom is 0.347 e. The highest BCUT2D eigenvalue weighted by atomic mass is 16.6. The van der Waals surface area contributed by atoms with Crippen LogP contribution in [0.2, 0.25) is 0 Å². The van der Waals surface area contributed by atoms with Crippen LogP contribution in [-0.2, 0) is 16.0 Å². The molecule has 0 bridgehead atoms. The van der Waals surface area contributed by atoms with Crippen molar-refractivity contribution in [3.63, 3.8) is 0 Å². The smallest absolute Gasteiger partial charge is 0.347 e. The van der Waals surface area contributed by atoms with Crippen LogP contribution in [0.4, 0.5) is 0 Å². The number of esters is 1. The Kier molecular flexibility index (Phi) is 5.49. The van der Waals surface area contributed by atoms with E-state index in [4.69, 9.17) is 9.47 Å². The van der Waals surface area contributed by atoms with E-state index in [9.17, 15) is 9.90 Å². The summed E-state index contributed by atoms with van der Waals surface area (Å²) in [5.74, 6) is 0.379. The molecule has 1 aliphatic rings. The first-order valence-electron chi connectivity index (χ1n) is 6.36. The topological polar surface area (TPSA) is 55.8 Å². The summed E-state index contributed by atoms with van der Waals surface area (Å²) >= 11 is 0. The van der Waals surface area contributed by atoms with Crippen LogP contribution >= 0.6 is 0 Å². The minimum absolute atomic E-state index is 0.142. The molecule has 1 atom stereocenters. The molecule has 0 saturated heterocycles. The Morgan fingerprint density at radius 3 is 2.89 bits per heavy atom. The van der Waals surface area contributed by atoms with Gasteiger partial charge in [0.15, 0.2) is 6.10 Å². The zero-order valence-corrected chi connectivity index (χ0v) is 11.1. The molecule has 4 heteroatoms. The summed E-state index contributed by atoms with van der Waals surface area (Å²) in [6.07, 6.45) is 0.838. The Morgan fingerprint density at radius 2 is 2.22 bits per heavy atom. The van der Waals surface area contributed by atoms with Crippen molar-refractivity contribution >= 4 is 5.97 Å². The van der Waals surface area contributed by atoms with Gasteiger partial charge in [-0.1, -0.05) is 19.9 Å². The monoisotopic (exact) mass is 252 g/mol. The van der Waals surface area contributed by atoms with Crippen molar-refractivity contribution in [2.75, 3.05) is 6.61 Å². The fourth-order valence-corrected chi connectivity index (χ4v) is 1.76. The molecular formula is C14H20O4. The maximum absolute atomic E-state index is 11.5. The van der Waals surface area contributed by atoms with Crippen LogP contribution in [0.3, 0.4) is 0 Å². The van der Waals surface area contributed by atoms with Gasteiger partial charge in [0.2, 0.25) is 0 Å². The second-order valence-electron chi connectivity index (χ2n) is 3.69. The molecule has 0 amide bonds. The van der Waals surface area contributed by atoms with E-state index in [-0.39, 0.29) is 11.7 Å². The standard InChI is InChI=1S/C12H14O4.C2H6/c1-2-15-12(14)10-6-4-8-3-5-9(13)7-11(8)16-10;1-2/h3,5,7,10,13H,2,4,6H2,1H3;1-2H3/t10-;/m1./s1. The van der Waals surface area contributed by atoms with Crippen LogP contribution < -0.4 is 4.74 Å². The number of ether oxygens (including phenoxy) is 2. The van der Waals surface area contributed by atoms with Gasteiger partial charge in [-0.05, 0) is 31.4 Å². The van der Waals surface area contributed by atoms with E-state index in [1.165, 1.54) is 6.07 Å². The molecule has 4 nitrogen and oxygen atoms in total. The van der Waals surface area contributed by atoms with Crippen LogP contribution in [0, 0.1) is 0 Å². The fraction of sp³-hybridized carbons (Fsp3) is 0.500. The van der Waals surface area contributed by atoms with Gasteiger partial charge >= 0.3 is 5.97 Å². The first kappa shape index (κ1) is 14.4. The van der Waals surface area contributed by atoms with Crippen LogP contribution in [0.5, 0.6) is 11.5 Å². The van der Waals surface area contributed by atoms with Gasteiger partial charge in [-0.3, -0.25) is 0 Å². The first-order valence-corrected chi connectivity index (χ1v) is 6.36. The number of benzene rings is 1. The molecule has 0 fully saturated rings. The van der Waals surface area contributed by atoms with E-state index in [0.717, 1.165) is 12.0 Å². The number of fused-ring (bicyclic) bond motifs is 1. The van der Waals surface area contributed by atoms with Gasteiger partial charge in [0.1, 0.15) is 11.5 Å². The van der Waals surface area contributed by atoms with Crippen molar-refractivity contribution in [3.8, 4) is 11.5 Å². The summed E-state index contributed by atoms with van der Waals surface area (Å²) in [5, 5.41) is 9.32. The van der Waals surface area contributed by atoms with Crippen LogP contribution in [0.25, 0.3) is 0 Å². The average molecular weight is 252 g/mol. The Hall–Kier alpha value is -1.71. The lowest BCUT2D eigenvalue weighted by Gasteiger charge is -2.24. The van der Waals surface area contributed by atoms with Crippen molar-refractivity contribution in [2.45, 2.75) is 39.7 Å². The minimum atomic E-state index is -0.547. The minimum Gasteiger partial charge on any atom is -0.508 e. The van der Waals surface area contributed by atoms with Gasteiger partial charge in [0, 0.05) is 6.07 Å². The zero-order chi connectivity index (χ0) is 13.5. The van der Waals surface area contributed by atoms with E-state index in [1.807, 2.05) is 19.9 Å². The van der Waals surface area contributed by atoms with Crippen molar-refractivity contribution in [2.24, 2.45) is 0 Å². The normalized spacial score (nSPS) is 16.7. The van der Waals surface area contributed by atoms with Gasteiger partial charge in [-0.2, -0.15) is 0 Å². The lowest BCUT2D eigenvalue weighted by Crippen LogP contribution is -2.32. The SMILES string of the molecule is CC.CCOC(=O)[C@H]1CCc2ccc(O)cc2O1. The molecule has 1 N–H and O–H groups in total. The Bertz CT molecular complexity index is 401. The Balaban J connectivity index is 0.000000771. The molecule has 0 aliphatic carbocycles. The second-order valence-corrected chi connectivity index (χ2v) is 3.69. The third kappa shape index (κ3) is 3.39. The largest absolute Gasteiger partial charge is 0.508 e. The number of aryl methyl sites for hydroxylation is 1. The number of hydrogen-bond donors (Lipinski definition) is 1. The molecule has 100 valence electrons. The molecule has 2 rings (SSSR count). The van der Waals surface area contributed by atoms with Crippen LogP contribution in [0.15, 0.2) is 18.2 Å². The molecule has 0 aromatic heterocycles. The molecule has 1 aliphatic heterocycles. The van der Waals surface area contributed by atoms with Crippen molar-refractivity contribution in [1.82, 2.24) is 0 Å². The third-order valence-corrected chi connectivity index (χ3v) is 2.55. The summed E-state index contributed by atoms with van der Waals surface area (Å²) in [4.78, 5) is 11.5. The van der Waals surface area contributed by atoms with E-state index in [2.05, 4.69) is 0 Å². The van der Waals surface area contributed by atoms with Gasteiger partial charge in [-0.25, -0.2) is 4.79 Å². The number of rotatable bonds is 2. The number of carbonyl (C=O) groups is 1. The molecule has 0 spiro atoms. The van der Waals surface area contributed by atoms with E-state index >= 15 is 0 Å². The average Bonchev–Trinajstić information content (AvgIpc) is 2.40. The van der Waals surface area contributed by atoms with Gasteiger partial charge < -0.3 is 14.6 Å². The van der Waals surface area contributed by atoms with Gasteiger partial charge in [0.05, 0.1) is 6.61 Å². The summed E-state index contributed by atoms with van der Waals surface area (Å²) in [7, 11) is 0. The summed E-state index contributed by atoms with van der Waals surface area (Å²) in [6, 6.07) is 4.96. The van der Waals surface area contributed by atoms with Crippen molar-refractivity contribution < 1.29 is 19.4 Å². The molecule has 0 unspecified atom stereocenters. The number of phenols is 1. The lowest BCUT2D eigenvalue weighted by atomic mass is 10.0. The summed E-state index contributed by atoms with van der Waals surface area (Å²) in [6.45, 7) is 6.12. The highest BCUT2D eigenvalue weighted by Crippen LogP contribution is 2.31. The lowest BCUT2D eigenvalue weighted by molar-refractivity contribution is -0.152. The van der Waals surface area contributed by atoms with Crippen LogP contribution in [-0.4, -0.2) is 23.8 Å². The van der Waals surface area contributed by atoms with E-state index in [1.54, 1.807) is 13.0 Å². The van der Waals surface area contributed by atoms with Gasteiger partial charge in [0.25, 0.3) is 0 Å². The van der Waals surface area contributed by atoms with Crippen LogP contribution in [0.1, 0.15) is 32.8 Å². The van der Waals surface area contributed by atoms with Crippen molar-refractivity contribution in [3.05, 3.63) is 23.8 Å². The zero-order valence-electron chi connectivity index (χ0n) is 11.1.